The van der Waals surface area contributed by atoms with Crippen molar-refractivity contribution in [1.82, 2.24) is 4.90 Å². The number of aliphatic carboxylic acids is 4. The Morgan fingerprint density at radius 2 is 1.31 bits per heavy atom. The highest BCUT2D eigenvalue weighted by Gasteiger charge is 2.54. The van der Waals surface area contributed by atoms with Crippen LogP contribution in [0.1, 0.15) is 53.4 Å². The summed E-state index contributed by atoms with van der Waals surface area (Å²) < 4.78 is 0. The number of carboxylic acid groups (broad SMARTS) is 4. The fourth-order valence-electron chi connectivity index (χ4n) is 4.27. The Kier molecular flexibility index (Phi) is 6.40. The summed E-state index contributed by atoms with van der Waals surface area (Å²) in [4.78, 5) is 48.1. The van der Waals surface area contributed by atoms with Gasteiger partial charge in [-0.3, -0.25) is 24.1 Å². The summed E-state index contributed by atoms with van der Waals surface area (Å²) in [6.07, 6.45) is 1.08. The maximum absolute atomic E-state index is 12.1. The number of rotatable bonds is 8. The van der Waals surface area contributed by atoms with Crippen molar-refractivity contribution in [1.29, 1.82) is 0 Å². The van der Waals surface area contributed by atoms with Crippen LogP contribution in [0, 0.1) is 11.8 Å². The predicted molar refractivity (Wildman–Crippen MR) is 89.8 cm³/mol. The van der Waals surface area contributed by atoms with E-state index >= 15 is 0 Å². The van der Waals surface area contributed by atoms with Gasteiger partial charge in [0.05, 0.1) is 18.3 Å². The van der Waals surface area contributed by atoms with E-state index in [-0.39, 0.29) is 0 Å². The maximum Gasteiger partial charge on any atom is 0.321 e. The van der Waals surface area contributed by atoms with Crippen LogP contribution in [0.3, 0.4) is 0 Å². The molecule has 148 valence electrons. The van der Waals surface area contributed by atoms with Crippen LogP contribution in [0.25, 0.3) is 0 Å². The Bertz CT molecular complexity index is 582. The van der Waals surface area contributed by atoms with E-state index in [1.54, 1.807) is 32.6 Å². The molecule has 1 fully saturated rings. The van der Waals surface area contributed by atoms with E-state index in [1.165, 1.54) is 0 Å². The normalized spacial score (nSPS) is 22.8. The van der Waals surface area contributed by atoms with Gasteiger partial charge in [0, 0.05) is 11.1 Å². The lowest BCUT2D eigenvalue weighted by Crippen LogP contribution is -2.67. The average molecular weight is 373 g/mol. The summed E-state index contributed by atoms with van der Waals surface area (Å²) >= 11 is 0. The summed E-state index contributed by atoms with van der Waals surface area (Å²) in [5.74, 6) is -10.0. The first-order valence-electron chi connectivity index (χ1n) is 8.42. The van der Waals surface area contributed by atoms with Crippen molar-refractivity contribution in [2.45, 2.75) is 70.5 Å². The van der Waals surface area contributed by atoms with Gasteiger partial charge in [0.25, 0.3) is 0 Å². The van der Waals surface area contributed by atoms with Crippen molar-refractivity contribution in [3.05, 3.63) is 0 Å². The van der Waals surface area contributed by atoms with Crippen LogP contribution in [0.2, 0.25) is 0 Å². The fraction of sp³-hybridized carbons (Fsp3) is 0.765. The van der Waals surface area contributed by atoms with Crippen molar-refractivity contribution >= 4 is 23.9 Å². The van der Waals surface area contributed by atoms with Gasteiger partial charge in [0.2, 0.25) is 0 Å². The number of likely N-dealkylation sites (tertiary alicyclic amines) is 1. The number of piperidine rings is 1. The molecule has 9 heteroatoms. The van der Waals surface area contributed by atoms with E-state index < -0.39 is 59.3 Å². The molecular weight excluding hydrogens is 346 g/mol. The fourth-order valence-corrected chi connectivity index (χ4v) is 4.27. The minimum atomic E-state index is -1.90. The van der Waals surface area contributed by atoms with Crippen LogP contribution < -0.4 is 0 Å². The van der Waals surface area contributed by atoms with E-state index in [0.717, 1.165) is 6.42 Å². The molecule has 3 unspecified atom stereocenters. The first kappa shape index (κ1) is 21.9. The maximum atomic E-state index is 12.1. The van der Waals surface area contributed by atoms with Crippen molar-refractivity contribution in [3.8, 4) is 0 Å². The Morgan fingerprint density at radius 3 is 1.62 bits per heavy atom. The number of nitrogens with zero attached hydrogens (tertiary/aromatic N) is 1. The van der Waals surface area contributed by atoms with E-state index in [4.69, 9.17) is 5.11 Å². The zero-order valence-corrected chi connectivity index (χ0v) is 15.4. The molecule has 0 bridgehead atoms. The summed E-state index contributed by atoms with van der Waals surface area (Å²) in [7, 11) is 0. The van der Waals surface area contributed by atoms with E-state index in [1.807, 2.05) is 0 Å². The van der Waals surface area contributed by atoms with E-state index in [0.29, 0.717) is 12.8 Å². The van der Waals surface area contributed by atoms with Gasteiger partial charge in [-0.25, -0.2) is 0 Å². The Labute approximate surface area is 151 Å². The van der Waals surface area contributed by atoms with Gasteiger partial charge < -0.3 is 20.4 Å². The molecule has 0 radical (unpaired) electrons. The lowest BCUT2D eigenvalue weighted by Gasteiger charge is -2.56. The molecule has 26 heavy (non-hydrogen) atoms. The molecule has 0 spiro atoms. The molecule has 0 amide bonds. The summed E-state index contributed by atoms with van der Waals surface area (Å²) in [5, 5.41) is 37.9. The highest BCUT2D eigenvalue weighted by Crippen LogP contribution is 2.42. The Balaban J connectivity index is 3.54. The summed E-state index contributed by atoms with van der Waals surface area (Å²) in [5.41, 5.74) is -1.38. The second-order valence-electron chi connectivity index (χ2n) is 8.04. The lowest BCUT2D eigenvalue weighted by atomic mass is 9.74. The SMILES string of the molecule is CC1(C)CCCC(C)(C)N1C(C(=O)O)C(C(=O)O)C(CC(=O)O)C(=O)O. The van der Waals surface area contributed by atoms with E-state index in [9.17, 15) is 34.5 Å². The smallest absolute Gasteiger partial charge is 0.321 e. The van der Waals surface area contributed by atoms with Gasteiger partial charge in [0.1, 0.15) is 6.04 Å². The molecule has 0 aliphatic carbocycles. The topological polar surface area (TPSA) is 152 Å². The van der Waals surface area contributed by atoms with Crippen LogP contribution >= 0.6 is 0 Å². The van der Waals surface area contributed by atoms with Crippen molar-refractivity contribution < 1.29 is 39.6 Å². The molecule has 1 saturated heterocycles. The zero-order chi connectivity index (χ0) is 20.4. The highest BCUT2D eigenvalue weighted by atomic mass is 16.4. The molecule has 9 nitrogen and oxygen atoms in total. The number of carboxylic acids is 4. The third kappa shape index (κ3) is 4.51. The van der Waals surface area contributed by atoms with Crippen LogP contribution in [0.5, 0.6) is 0 Å². The number of hydrogen-bond donors (Lipinski definition) is 4. The van der Waals surface area contributed by atoms with Gasteiger partial charge in [0.15, 0.2) is 0 Å². The van der Waals surface area contributed by atoms with Gasteiger partial charge in [-0.05, 0) is 47.0 Å². The Morgan fingerprint density at radius 1 is 0.846 bits per heavy atom. The van der Waals surface area contributed by atoms with Crippen molar-refractivity contribution in [2.24, 2.45) is 11.8 Å². The van der Waals surface area contributed by atoms with Gasteiger partial charge in [-0.1, -0.05) is 0 Å². The second-order valence-corrected chi connectivity index (χ2v) is 8.04. The number of hydrogen-bond acceptors (Lipinski definition) is 5. The van der Waals surface area contributed by atoms with Gasteiger partial charge in [-0.2, -0.15) is 0 Å². The largest absolute Gasteiger partial charge is 0.481 e. The summed E-state index contributed by atoms with van der Waals surface area (Å²) in [6, 6.07) is -1.67. The average Bonchev–Trinajstić information content (AvgIpc) is 2.41. The number of carbonyl (C=O) groups is 4. The quantitative estimate of drug-likeness (QED) is 0.494. The molecule has 0 aromatic carbocycles. The minimum Gasteiger partial charge on any atom is -0.481 e. The monoisotopic (exact) mass is 373 g/mol. The zero-order valence-electron chi connectivity index (χ0n) is 15.4. The van der Waals surface area contributed by atoms with Crippen LogP contribution in [-0.4, -0.2) is 66.3 Å². The molecule has 1 aliphatic heterocycles. The molecule has 0 saturated carbocycles. The lowest BCUT2D eigenvalue weighted by molar-refractivity contribution is -0.175. The predicted octanol–water partition coefficient (Wildman–Crippen LogP) is 1.36. The van der Waals surface area contributed by atoms with Crippen molar-refractivity contribution in [2.75, 3.05) is 0 Å². The first-order chi connectivity index (χ1) is 11.7. The minimum absolute atomic E-state index is 0.614. The van der Waals surface area contributed by atoms with Gasteiger partial charge in [-0.15, -0.1) is 0 Å². The molecule has 0 aromatic rings. The molecule has 4 N–H and O–H groups in total. The molecular formula is C17H27NO8. The van der Waals surface area contributed by atoms with Gasteiger partial charge >= 0.3 is 23.9 Å². The molecule has 1 aliphatic rings. The molecule has 1 rings (SSSR count). The van der Waals surface area contributed by atoms with Crippen molar-refractivity contribution in [3.63, 3.8) is 0 Å². The standard InChI is InChI=1S/C17H27NO8/c1-16(2)6-5-7-17(3,4)18(16)12(15(25)26)11(14(23)24)9(13(21)22)8-10(19)20/h9,11-12H,5-8H2,1-4H3,(H,19,20)(H,21,22)(H,23,24)(H,25,26). The molecule has 3 atom stereocenters. The molecule has 0 aromatic heterocycles. The Hall–Kier alpha value is -2.16. The third-order valence-electron chi connectivity index (χ3n) is 5.18. The first-order valence-corrected chi connectivity index (χ1v) is 8.42. The van der Waals surface area contributed by atoms with Crippen LogP contribution in [0.15, 0.2) is 0 Å². The van der Waals surface area contributed by atoms with Crippen LogP contribution in [-0.2, 0) is 19.2 Å². The van der Waals surface area contributed by atoms with Crippen LogP contribution in [0.4, 0.5) is 0 Å². The highest BCUT2D eigenvalue weighted by molar-refractivity contribution is 5.89. The molecule has 1 heterocycles. The van der Waals surface area contributed by atoms with E-state index in [2.05, 4.69) is 0 Å². The summed E-state index contributed by atoms with van der Waals surface area (Å²) in [6.45, 7) is 7.15. The third-order valence-corrected chi connectivity index (χ3v) is 5.18. The second kappa shape index (κ2) is 7.61.